The summed E-state index contributed by atoms with van der Waals surface area (Å²) in [6.07, 6.45) is 5.43. The van der Waals surface area contributed by atoms with E-state index in [1.807, 2.05) is 11.8 Å². The maximum absolute atomic E-state index is 5.50. The Hall–Kier alpha value is 0.270. The van der Waals surface area contributed by atoms with E-state index in [0.717, 1.165) is 5.92 Å². The monoisotopic (exact) mass is 188 g/mol. The number of thioether (sulfide) groups is 1. The molecule has 72 valence electrons. The molecule has 1 atom stereocenters. The first-order valence-electron chi connectivity index (χ1n) is 4.92. The first-order chi connectivity index (χ1) is 5.88. The molecule has 12 heavy (non-hydrogen) atoms. The average Bonchev–Trinajstić information content (AvgIpc) is 1.99. The number of hydrazine groups is 1. The largest absolute Gasteiger partial charge is 0.271 e. The third-order valence-electron chi connectivity index (χ3n) is 2.58. The van der Waals surface area contributed by atoms with Gasteiger partial charge in [0.2, 0.25) is 0 Å². The van der Waals surface area contributed by atoms with Crippen LogP contribution in [0.2, 0.25) is 0 Å². The van der Waals surface area contributed by atoms with Gasteiger partial charge in [-0.25, -0.2) is 0 Å². The molecule has 0 aromatic carbocycles. The van der Waals surface area contributed by atoms with Crippen molar-refractivity contribution in [1.29, 1.82) is 0 Å². The molecule has 0 spiro atoms. The van der Waals surface area contributed by atoms with E-state index >= 15 is 0 Å². The van der Waals surface area contributed by atoms with Crippen LogP contribution in [0.3, 0.4) is 0 Å². The molecule has 0 aromatic heterocycles. The standard InChI is InChI=1S/C9H20N2S/c1-2-6-12-7-9(11-10)8-4-3-5-8/h8-9,11H,2-7,10H2,1H3. The van der Waals surface area contributed by atoms with Gasteiger partial charge in [0, 0.05) is 11.8 Å². The van der Waals surface area contributed by atoms with E-state index in [1.54, 1.807) is 0 Å². The highest BCUT2D eigenvalue weighted by Gasteiger charge is 2.25. The van der Waals surface area contributed by atoms with Crippen LogP contribution in [-0.4, -0.2) is 17.5 Å². The lowest BCUT2D eigenvalue weighted by Gasteiger charge is -2.33. The molecular weight excluding hydrogens is 168 g/mol. The van der Waals surface area contributed by atoms with Gasteiger partial charge in [0.15, 0.2) is 0 Å². The van der Waals surface area contributed by atoms with Crippen LogP contribution in [0.15, 0.2) is 0 Å². The molecule has 0 radical (unpaired) electrons. The molecule has 1 saturated carbocycles. The van der Waals surface area contributed by atoms with Crippen molar-refractivity contribution in [3.8, 4) is 0 Å². The predicted molar refractivity (Wildman–Crippen MR) is 56.1 cm³/mol. The zero-order valence-electron chi connectivity index (χ0n) is 7.88. The van der Waals surface area contributed by atoms with Gasteiger partial charge in [0.1, 0.15) is 0 Å². The molecule has 0 aliphatic heterocycles. The van der Waals surface area contributed by atoms with Gasteiger partial charge in [-0.15, -0.1) is 0 Å². The highest BCUT2D eigenvalue weighted by Crippen LogP contribution is 2.30. The highest BCUT2D eigenvalue weighted by atomic mass is 32.2. The van der Waals surface area contributed by atoms with Crippen LogP contribution in [0.5, 0.6) is 0 Å². The molecule has 1 fully saturated rings. The van der Waals surface area contributed by atoms with Gasteiger partial charge in [0.25, 0.3) is 0 Å². The third-order valence-corrected chi connectivity index (χ3v) is 3.87. The maximum Gasteiger partial charge on any atom is 0.0329 e. The van der Waals surface area contributed by atoms with E-state index in [9.17, 15) is 0 Å². The van der Waals surface area contributed by atoms with E-state index < -0.39 is 0 Å². The summed E-state index contributed by atoms with van der Waals surface area (Å²) in [6, 6.07) is 0.565. The Morgan fingerprint density at radius 1 is 1.58 bits per heavy atom. The van der Waals surface area contributed by atoms with Crippen molar-refractivity contribution < 1.29 is 0 Å². The van der Waals surface area contributed by atoms with Crippen molar-refractivity contribution >= 4 is 11.8 Å². The molecule has 1 unspecified atom stereocenters. The van der Waals surface area contributed by atoms with Crippen molar-refractivity contribution in [2.24, 2.45) is 11.8 Å². The maximum atomic E-state index is 5.50. The van der Waals surface area contributed by atoms with E-state index in [4.69, 9.17) is 5.84 Å². The highest BCUT2D eigenvalue weighted by molar-refractivity contribution is 7.99. The Labute approximate surface area is 79.6 Å². The van der Waals surface area contributed by atoms with E-state index in [2.05, 4.69) is 12.3 Å². The summed E-state index contributed by atoms with van der Waals surface area (Å²) in [4.78, 5) is 0. The van der Waals surface area contributed by atoms with Gasteiger partial charge < -0.3 is 0 Å². The number of rotatable bonds is 6. The van der Waals surface area contributed by atoms with Crippen LogP contribution >= 0.6 is 11.8 Å². The molecule has 0 bridgehead atoms. The van der Waals surface area contributed by atoms with Crippen LogP contribution in [-0.2, 0) is 0 Å². The van der Waals surface area contributed by atoms with Crippen LogP contribution in [0.25, 0.3) is 0 Å². The van der Waals surface area contributed by atoms with Crippen molar-refractivity contribution in [2.75, 3.05) is 11.5 Å². The number of nitrogens with one attached hydrogen (secondary N) is 1. The van der Waals surface area contributed by atoms with Crippen LogP contribution in [0, 0.1) is 5.92 Å². The minimum atomic E-state index is 0.565. The lowest BCUT2D eigenvalue weighted by Crippen LogP contribution is -2.45. The molecule has 1 rings (SSSR count). The van der Waals surface area contributed by atoms with Crippen molar-refractivity contribution in [2.45, 2.75) is 38.6 Å². The second kappa shape index (κ2) is 5.84. The van der Waals surface area contributed by atoms with Crippen LogP contribution in [0.4, 0.5) is 0 Å². The Bertz CT molecular complexity index is 115. The molecule has 2 nitrogen and oxygen atoms in total. The second-order valence-electron chi connectivity index (χ2n) is 3.54. The molecular formula is C9H20N2S. The fraction of sp³-hybridized carbons (Fsp3) is 1.00. The number of hydrogen-bond acceptors (Lipinski definition) is 3. The molecule has 0 amide bonds. The molecule has 0 heterocycles. The minimum Gasteiger partial charge on any atom is -0.271 e. The Morgan fingerprint density at radius 3 is 2.75 bits per heavy atom. The van der Waals surface area contributed by atoms with Crippen LogP contribution < -0.4 is 11.3 Å². The van der Waals surface area contributed by atoms with Gasteiger partial charge in [0.05, 0.1) is 0 Å². The Kier molecular flexibility index (Phi) is 5.04. The fourth-order valence-electron chi connectivity index (χ4n) is 1.52. The van der Waals surface area contributed by atoms with Gasteiger partial charge in [-0.2, -0.15) is 11.8 Å². The third kappa shape index (κ3) is 2.96. The van der Waals surface area contributed by atoms with Crippen molar-refractivity contribution in [3.05, 3.63) is 0 Å². The summed E-state index contributed by atoms with van der Waals surface area (Å²) in [5, 5.41) is 0. The first kappa shape index (κ1) is 10.4. The van der Waals surface area contributed by atoms with E-state index in [1.165, 1.54) is 37.2 Å². The molecule has 3 N–H and O–H groups in total. The minimum absolute atomic E-state index is 0.565. The van der Waals surface area contributed by atoms with Gasteiger partial charge in [-0.05, 0) is 30.9 Å². The summed E-state index contributed by atoms with van der Waals surface area (Å²) in [5.41, 5.74) is 2.94. The number of nitrogens with two attached hydrogens (primary N) is 1. The predicted octanol–water partition coefficient (Wildman–Crippen LogP) is 1.76. The summed E-state index contributed by atoms with van der Waals surface area (Å²) in [5.74, 6) is 8.82. The quantitative estimate of drug-likeness (QED) is 0.379. The lowest BCUT2D eigenvalue weighted by atomic mass is 9.80. The summed E-state index contributed by atoms with van der Waals surface area (Å²) in [6.45, 7) is 2.22. The number of hydrogen-bond donors (Lipinski definition) is 2. The molecule has 3 heteroatoms. The molecule has 0 saturated heterocycles. The second-order valence-corrected chi connectivity index (χ2v) is 4.69. The zero-order chi connectivity index (χ0) is 8.81. The van der Waals surface area contributed by atoms with Gasteiger partial charge >= 0.3 is 0 Å². The first-order valence-corrected chi connectivity index (χ1v) is 6.07. The molecule has 1 aliphatic carbocycles. The summed E-state index contributed by atoms with van der Waals surface area (Å²) < 4.78 is 0. The normalized spacial score (nSPS) is 20.5. The zero-order valence-corrected chi connectivity index (χ0v) is 8.70. The topological polar surface area (TPSA) is 38.0 Å². The summed E-state index contributed by atoms with van der Waals surface area (Å²) in [7, 11) is 0. The van der Waals surface area contributed by atoms with Gasteiger partial charge in [-0.3, -0.25) is 11.3 Å². The van der Waals surface area contributed by atoms with E-state index in [0.29, 0.717) is 6.04 Å². The molecule has 0 aromatic rings. The Balaban J connectivity index is 2.07. The lowest BCUT2D eigenvalue weighted by molar-refractivity contribution is 0.246. The van der Waals surface area contributed by atoms with Crippen molar-refractivity contribution in [1.82, 2.24) is 5.43 Å². The van der Waals surface area contributed by atoms with Crippen LogP contribution in [0.1, 0.15) is 32.6 Å². The van der Waals surface area contributed by atoms with Crippen molar-refractivity contribution in [3.63, 3.8) is 0 Å². The Morgan fingerprint density at radius 2 is 2.33 bits per heavy atom. The van der Waals surface area contributed by atoms with Gasteiger partial charge in [-0.1, -0.05) is 13.3 Å². The molecule has 1 aliphatic rings. The fourth-order valence-corrected chi connectivity index (χ4v) is 2.59. The average molecular weight is 188 g/mol. The summed E-state index contributed by atoms with van der Waals surface area (Å²) >= 11 is 2.02. The van der Waals surface area contributed by atoms with E-state index in [-0.39, 0.29) is 0 Å². The SMILES string of the molecule is CCCSCC(NN)C1CCC1. The smallest absolute Gasteiger partial charge is 0.0329 e.